The molecule has 4 heteroatoms. The van der Waals surface area contributed by atoms with E-state index in [1.165, 1.54) is 41.9 Å². The van der Waals surface area contributed by atoms with Crippen molar-refractivity contribution >= 4 is 11.4 Å². The maximum atomic E-state index is 4.45. The highest BCUT2D eigenvalue weighted by Crippen LogP contribution is 2.27. The lowest BCUT2D eigenvalue weighted by Gasteiger charge is -2.27. The SMILES string of the molecule is Cc1nn(C)c(C)c1NCc1ccc2c(c1)CCCN2C. The Morgan fingerprint density at radius 2 is 2.05 bits per heavy atom. The zero-order chi connectivity index (χ0) is 15.0. The molecule has 0 unspecified atom stereocenters. The Balaban J connectivity index is 1.77. The van der Waals surface area contributed by atoms with Gasteiger partial charge in [0.25, 0.3) is 0 Å². The maximum Gasteiger partial charge on any atom is 0.0827 e. The molecule has 1 aromatic carbocycles. The summed E-state index contributed by atoms with van der Waals surface area (Å²) in [7, 11) is 4.17. The number of hydrogen-bond acceptors (Lipinski definition) is 3. The summed E-state index contributed by atoms with van der Waals surface area (Å²) in [4.78, 5) is 2.35. The molecule has 1 aromatic heterocycles. The van der Waals surface area contributed by atoms with Crippen LogP contribution in [0.15, 0.2) is 18.2 Å². The van der Waals surface area contributed by atoms with Gasteiger partial charge in [0.15, 0.2) is 0 Å². The summed E-state index contributed by atoms with van der Waals surface area (Å²) in [5, 5.41) is 7.99. The van der Waals surface area contributed by atoms with Gasteiger partial charge in [-0.15, -0.1) is 0 Å². The fraction of sp³-hybridized carbons (Fsp3) is 0.471. The Morgan fingerprint density at radius 1 is 1.24 bits per heavy atom. The van der Waals surface area contributed by atoms with Gasteiger partial charge in [-0.1, -0.05) is 12.1 Å². The molecule has 2 heterocycles. The van der Waals surface area contributed by atoms with Crippen molar-refractivity contribution < 1.29 is 0 Å². The van der Waals surface area contributed by atoms with E-state index < -0.39 is 0 Å². The van der Waals surface area contributed by atoms with Gasteiger partial charge in [-0.25, -0.2) is 0 Å². The summed E-state index contributed by atoms with van der Waals surface area (Å²) in [5.74, 6) is 0. The third kappa shape index (κ3) is 2.62. The highest BCUT2D eigenvalue weighted by atomic mass is 15.3. The summed E-state index contributed by atoms with van der Waals surface area (Å²) >= 11 is 0. The second-order valence-corrected chi connectivity index (χ2v) is 6.01. The molecular formula is C17H24N4. The molecule has 0 amide bonds. The first kappa shape index (κ1) is 14.0. The number of benzene rings is 1. The van der Waals surface area contributed by atoms with E-state index in [1.807, 2.05) is 11.7 Å². The number of nitrogens with one attached hydrogen (secondary N) is 1. The lowest BCUT2D eigenvalue weighted by Crippen LogP contribution is -2.24. The summed E-state index contributed by atoms with van der Waals surface area (Å²) < 4.78 is 1.93. The van der Waals surface area contributed by atoms with Crippen molar-refractivity contribution in [2.45, 2.75) is 33.2 Å². The molecule has 0 atom stereocenters. The molecular weight excluding hydrogens is 260 g/mol. The number of anilines is 2. The van der Waals surface area contributed by atoms with Crippen LogP contribution in [0.5, 0.6) is 0 Å². The van der Waals surface area contributed by atoms with Gasteiger partial charge in [0.2, 0.25) is 0 Å². The standard InChI is InChI=1S/C17H24N4/c1-12-17(13(2)21(4)19-12)18-11-14-7-8-16-15(10-14)6-5-9-20(16)3/h7-8,10,18H,5-6,9,11H2,1-4H3. The van der Waals surface area contributed by atoms with Crippen molar-refractivity contribution in [2.24, 2.45) is 7.05 Å². The molecule has 1 aliphatic rings. The van der Waals surface area contributed by atoms with E-state index in [-0.39, 0.29) is 0 Å². The maximum absolute atomic E-state index is 4.45. The number of hydrogen-bond donors (Lipinski definition) is 1. The first-order valence-corrected chi connectivity index (χ1v) is 7.63. The van der Waals surface area contributed by atoms with Gasteiger partial charge in [-0.3, -0.25) is 4.68 Å². The Morgan fingerprint density at radius 3 is 2.76 bits per heavy atom. The monoisotopic (exact) mass is 284 g/mol. The average Bonchev–Trinajstić information content (AvgIpc) is 2.70. The molecule has 1 aliphatic heterocycles. The van der Waals surface area contributed by atoms with Crippen LogP contribution in [0, 0.1) is 13.8 Å². The first-order chi connectivity index (χ1) is 10.1. The third-order valence-corrected chi connectivity index (χ3v) is 4.47. The van der Waals surface area contributed by atoms with Crippen LogP contribution in [0.4, 0.5) is 11.4 Å². The van der Waals surface area contributed by atoms with E-state index in [0.29, 0.717) is 0 Å². The molecule has 0 fully saturated rings. The van der Waals surface area contributed by atoms with E-state index in [0.717, 1.165) is 17.9 Å². The number of aromatic nitrogens is 2. The smallest absolute Gasteiger partial charge is 0.0827 e. The quantitative estimate of drug-likeness (QED) is 0.940. The number of nitrogens with zero attached hydrogens (tertiary/aromatic N) is 3. The van der Waals surface area contributed by atoms with Gasteiger partial charge in [0.1, 0.15) is 0 Å². The van der Waals surface area contributed by atoms with Gasteiger partial charge in [0, 0.05) is 32.9 Å². The summed E-state index contributed by atoms with van der Waals surface area (Å²) in [6.07, 6.45) is 2.44. The summed E-state index contributed by atoms with van der Waals surface area (Å²) in [6, 6.07) is 6.84. The lowest BCUT2D eigenvalue weighted by molar-refractivity contribution is 0.731. The van der Waals surface area contributed by atoms with Crippen LogP contribution in [0.2, 0.25) is 0 Å². The minimum Gasteiger partial charge on any atom is -0.378 e. The van der Waals surface area contributed by atoms with Crippen LogP contribution in [-0.2, 0) is 20.0 Å². The fourth-order valence-electron chi connectivity index (χ4n) is 3.17. The van der Waals surface area contributed by atoms with Crippen LogP contribution in [0.3, 0.4) is 0 Å². The van der Waals surface area contributed by atoms with Crippen LogP contribution >= 0.6 is 0 Å². The molecule has 0 radical (unpaired) electrons. The molecule has 21 heavy (non-hydrogen) atoms. The Bertz CT molecular complexity index is 657. The Hall–Kier alpha value is -1.97. The number of rotatable bonds is 3. The molecule has 0 saturated carbocycles. The van der Waals surface area contributed by atoms with Crippen LogP contribution in [0.1, 0.15) is 28.9 Å². The Kier molecular flexibility index (Phi) is 3.62. The second kappa shape index (κ2) is 5.43. The van der Waals surface area contributed by atoms with Crippen LogP contribution in [-0.4, -0.2) is 23.4 Å². The van der Waals surface area contributed by atoms with E-state index in [2.05, 4.69) is 54.4 Å². The zero-order valence-electron chi connectivity index (χ0n) is 13.4. The van der Waals surface area contributed by atoms with Crippen molar-refractivity contribution in [3.63, 3.8) is 0 Å². The third-order valence-electron chi connectivity index (χ3n) is 4.47. The van der Waals surface area contributed by atoms with Gasteiger partial charge in [0.05, 0.1) is 17.1 Å². The van der Waals surface area contributed by atoms with E-state index in [9.17, 15) is 0 Å². The molecule has 0 aliphatic carbocycles. The van der Waals surface area contributed by atoms with Crippen LogP contribution in [0.25, 0.3) is 0 Å². The van der Waals surface area contributed by atoms with E-state index in [4.69, 9.17) is 0 Å². The molecule has 0 bridgehead atoms. The average molecular weight is 284 g/mol. The predicted molar refractivity (Wildman–Crippen MR) is 88.0 cm³/mol. The summed E-state index contributed by atoms with van der Waals surface area (Å²) in [5.41, 5.74) is 7.61. The fourth-order valence-corrected chi connectivity index (χ4v) is 3.17. The normalized spacial score (nSPS) is 14.2. The predicted octanol–water partition coefficient (Wildman–Crippen LogP) is 3.03. The molecule has 0 spiro atoms. The molecule has 1 N–H and O–H groups in total. The topological polar surface area (TPSA) is 33.1 Å². The van der Waals surface area contributed by atoms with Crippen molar-refractivity contribution in [1.82, 2.24) is 9.78 Å². The van der Waals surface area contributed by atoms with Crippen molar-refractivity contribution in [2.75, 3.05) is 23.8 Å². The number of aryl methyl sites for hydroxylation is 3. The highest BCUT2D eigenvalue weighted by molar-refractivity contribution is 5.57. The minimum absolute atomic E-state index is 0.852. The van der Waals surface area contributed by atoms with Crippen LogP contribution < -0.4 is 10.2 Å². The second-order valence-electron chi connectivity index (χ2n) is 6.01. The van der Waals surface area contributed by atoms with E-state index in [1.54, 1.807) is 0 Å². The highest BCUT2D eigenvalue weighted by Gasteiger charge is 2.14. The largest absolute Gasteiger partial charge is 0.378 e. The van der Waals surface area contributed by atoms with Gasteiger partial charge in [-0.2, -0.15) is 5.10 Å². The van der Waals surface area contributed by atoms with Gasteiger partial charge < -0.3 is 10.2 Å². The lowest BCUT2D eigenvalue weighted by atomic mass is 9.99. The van der Waals surface area contributed by atoms with Crippen molar-refractivity contribution in [1.29, 1.82) is 0 Å². The molecule has 3 rings (SSSR count). The molecule has 2 aromatic rings. The summed E-state index contributed by atoms with van der Waals surface area (Å²) in [6.45, 7) is 6.17. The molecule has 4 nitrogen and oxygen atoms in total. The van der Waals surface area contributed by atoms with Crippen molar-refractivity contribution in [3.8, 4) is 0 Å². The first-order valence-electron chi connectivity index (χ1n) is 7.63. The van der Waals surface area contributed by atoms with Gasteiger partial charge >= 0.3 is 0 Å². The zero-order valence-corrected chi connectivity index (χ0v) is 13.4. The molecule has 112 valence electrons. The van der Waals surface area contributed by atoms with Crippen molar-refractivity contribution in [3.05, 3.63) is 40.7 Å². The van der Waals surface area contributed by atoms with Gasteiger partial charge in [-0.05, 0) is 43.9 Å². The Labute approximate surface area is 126 Å². The van der Waals surface area contributed by atoms with E-state index >= 15 is 0 Å². The molecule has 0 saturated heterocycles. The number of fused-ring (bicyclic) bond motifs is 1. The minimum atomic E-state index is 0.852.